The van der Waals surface area contributed by atoms with Crippen LogP contribution in [0.5, 0.6) is 5.88 Å². The average Bonchev–Trinajstić information content (AvgIpc) is 2.93. The van der Waals surface area contributed by atoms with E-state index in [0.29, 0.717) is 61.3 Å². The van der Waals surface area contributed by atoms with Crippen LogP contribution in [0, 0.1) is 5.41 Å². The maximum absolute atomic E-state index is 14.0. The van der Waals surface area contributed by atoms with E-state index in [0.717, 1.165) is 5.57 Å². The first-order valence-corrected chi connectivity index (χ1v) is 14.0. The lowest BCUT2D eigenvalue weighted by atomic mass is 9.73. The molecule has 0 aliphatic carbocycles. The van der Waals surface area contributed by atoms with Gasteiger partial charge in [0.1, 0.15) is 11.4 Å². The van der Waals surface area contributed by atoms with Crippen molar-refractivity contribution < 1.29 is 19.1 Å². The maximum Gasteiger partial charge on any atom is 0.410 e. The molecule has 0 atom stereocenters. The minimum absolute atomic E-state index is 0.282. The summed E-state index contributed by atoms with van der Waals surface area (Å²) in [5.74, 6) is 0.495. The summed E-state index contributed by atoms with van der Waals surface area (Å²) in [6.07, 6.45) is 12.5. The number of aliphatic imine (C=N–C) groups is 1. The fourth-order valence-electron chi connectivity index (χ4n) is 4.31. The fraction of sp³-hybridized carbons (Fsp3) is 0.452. The number of carbonyl (C=O) groups excluding carboxylic acids is 2. The predicted molar refractivity (Wildman–Crippen MR) is 166 cm³/mol. The molecule has 1 aliphatic heterocycles. The molecule has 0 spiro atoms. The molecule has 1 fully saturated rings. The summed E-state index contributed by atoms with van der Waals surface area (Å²) in [6.45, 7) is 20.2. The molecular weight excluding hydrogens is 534 g/mol. The molecule has 1 aromatic rings. The van der Waals surface area contributed by atoms with Crippen molar-refractivity contribution in [1.29, 1.82) is 0 Å². The molecule has 2 amide bonds. The van der Waals surface area contributed by atoms with E-state index in [1.807, 2.05) is 53.7 Å². The van der Waals surface area contributed by atoms with E-state index in [9.17, 15) is 9.59 Å². The number of amides is 2. The molecule has 1 aliphatic rings. The quantitative estimate of drug-likeness (QED) is 0.185. The summed E-state index contributed by atoms with van der Waals surface area (Å²) in [7, 11) is 1.70. The molecule has 11 nitrogen and oxygen atoms in total. The van der Waals surface area contributed by atoms with Gasteiger partial charge >= 0.3 is 6.09 Å². The summed E-state index contributed by atoms with van der Waals surface area (Å²) in [5, 5.41) is 2.96. The number of hydrogen-bond acceptors (Lipinski definition) is 9. The van der Waals surface area contributed by atoms with Crippen LogP contribution in [0.15, 0.2) is 72.4 Å². The van der Waals surface area contributed by atoms with Gasteiger partial charge in [0.15, 0.2) is 0 Å². The summed E-state index contributed by atoms with van der Waals surface area (Å²) >= 11 is 0. The van der Waals surface area contributed by atoms with Gasteiger partial charge in [-0.15, -0.1) is 0 Å². The molecule has 1 aromatic heterocycles. The number of aromatic nitrogens is 2. The topological polar surface area (TPSA) is 130 Å². The second kappa shape index (κ2) is 15.7. The Morgan fingerprint density at radius 1 is 1.14 bits per heavy atom. The molecule has 0 bridgehead atoms. The minimum Gasteiger partial charge on any atom is -0.477 e. The Labute approximate surface area is 249 Å². The summed E-state index contributed by atoms with van der Waals surface area (Å²) in [4.78, 5) is 41.7. The van der Waals surface area contributed by atoms with Crippen molar-refractivity contribution >= 4 is 23.3 Å². The van der Waals surface area contributed by atoms with E-state index < -0.39 is 17.1 Å². The smallest absolute Gasteiger partial charge is 0.410 e. The Morgan fingerprint density at radius 3 is 2.40 bits per heavy atom. The van der Waals surface area contributed by atoms with Gasteiger partial charge in [-0.2, -0.15) is 0 Å². The predicted octanol–water partition coefficient (Wildman–Crippen LogP) is 4.69. The standard InChI is InChI=1S/C31H45N7O4/c1-10-13-26(35-23(5)37-32-9)31(16-18-38(19-17-31)29(40)42-30(6,7)8)28(39)34-22(4)14-15-24(11-2)25-20-33-21-27(36-25)41-12-3/h10-11,13-15,20-21,32,37H,4-5,12,16-19H2,1-3,6-9H3,(H,34,39)/b13-10-,15-14-,24-11+,35-26+. The van der Waals surface area contributed by atoms with E-state index in [2.05, 4.69) is 44.3 Å². The lowest BCUT2D eigenvalue weighted by Crippen LogP contribution is -2.54. The van der Waals surface area contributed by atoms with Crippen LogP contribution in [-0.2, 0) is 9.53 Å². The molecule has 42 heavy (non-hydrogen) atoms. The zero-order valence-electron chi connectivity index (χ0n) is 25.9. The molecule has 2 rings (SSSR count). The molecule has 0 saturated carbocycles. The van der Waals surface area contributed by atoms with E-state index in [-0.39, 0.29) is 5.91 Å². The largest absolute Gasteiger partial charge is 0.477 e. The van der Waals surface area contributed by atoms with Gasteiger partial charge in [-0.3, -0.25) is 9.78 Å². The third-order valence-electron chi connectivity index (χ3n) is 6.29. The first-order valence-electron chi connectivity index (χ1n) is 14.0. The highest BCUT2D eigenvalue weighted by molar-refractivity contribution is 6.14. The molecule has 3 N–H and O–H groups in total. The minimum atomic E-state index is -1.05. The van der Waals surface area contributed by atoms with Crippen LogP contribution in [0.2, 0.25) is 0 Å². The van der Waals surface area contributed by atoms with Gasteiger partial charge in [0.05, 0.1) is 35.8 Å². The van der Waals surface area contributed by atoms with Crippen molar-refractivity contribution in [2.24, 2.45) is 10.4 Å². The molecule has 1 saturated heterocycles. The second-order valence-electron chi connectivity index (χ2n) is 10.6. The first-order chi connectivity index (χ1) is 19.9. The van der Waals surface area contributed by atoms with Crippen LogP contribution in [0.1, 0.15) is 60.1 Å². The normalized spacial score (nSPS) is 15.9. The SMILES string of the molecule is C=C(/C=C\C(=C/C)c1cncc(OCC)n1)NC(=O)C1(C(/C=C\C)=N/C(=C)NNC)CCN(C(=O)OC(C)(C)C)CC1. The van der Waals surface area contributed by atoms with Crippen molar-refractivity contribution in [2.45, 2.75) is 60.0 Å². The summed E-state index contributed by atoms with van der Waals surface area (Å²) in [5.41, 5.74) is 6.29. The van der Waals surface area contributed by atoms with E-state index >= 15 is 0 Å². The van der Waals surface area contributed by atoms with Crippen molar-refractivity contribution in [1.82, 2.24) is 31.0 Å². The Balaban J connectivity index is 2.33. The molecule has 0 aromatic carbocycles. The van der Waals surface area contributed by atoms with Gasteiger partial charge in [-0.25, -0.2) is 20.2 Å². The average molecular weight is 580 g/mol. The van der Waals surface area contributed by atoms with Crippen LogP contribution in [0.3, 0.4) is 0 Å². The number of nitrogens with zero attached hydrogens (tertiary/aromatic N) is 4. The zero-order chi connectivity index (χ0) is 31.3. The number of rotatable bonds is 12. The lowest BCUT2D eigenvalue weighted by Gasteiger charge is -2.41. The van der Waals surface area contributed by atoms with E-state index in [4.69, 9.17) is 9.47 Å². The number of nitrogens with one attached hydrogen (secondary N) is 3. The molecule has 0 unspecified atom stereocenters. The number of hydrazine groups is 1. The monoisotopic (exact) mass is 579 g/mol. The van der Waals surface area contributed by atoms with E-state index in [1.165, 1.54) is 0 Å². The third-order valence-corrected chi connectivity index (χ3v) is 6.29. The molecule has 11 heteroatoms. The highest BCUT2D eigenvalue weighted by Crippen LogP contribution is 2.36. The Bertz CT molecular complexity index is 1250. The van der Waals surface area contributed by atoms with Gasteiger partial charge in [0, 0.05) is 25.8 Å². The van der Waals surface area contributed by atoms with Gasteiger partial charge < -0.3 is 25.1 Å². The van der Waals surface area contributed by atoms with Crippen LogP contribution in [0.4, 0.5) is 4.79 Å². The summed E-state index contributed by atoms with van der Waals surface area (Å²) < 4.78 is 11.0. The van der Waals surface area contributed by atoms with Gasteiger partial charge in [-0.05, 0) is 72.1 Å². The molecule has 228 valence electrons. The van der Waals surface area contributed by atoms with Crippen molar-refractivity contribution in [2.75, 3.05) is 26.7 Å². The highest BCUT2D eigenvalue weighted by Gasteiger charge is 2.46. The number of allylic oxidation sites excluding steroid dienone is 6. The van der Waals surface area contributed by atoms with Crippen LogP contribution >= 0.6 is 0 Å². The number of likely N-dealkylation sites (tertiary alicyclic amines) is 1. The van der Waals surface area contributed by atoms with Crippen molar-refractivity contribution in [3.8, 4) is 5.88 Å². The number of piperidine rings is 1. The lowest BCUT2D eigenvalue weighted by molar-refractivity contribution is -0.128. The van der Waals surface area contributed by atoms with Crippen molar-refractivity contribution in [3.05, 3.63) is 73.1 Å². The fourth-order valence-corrected chi connectivity index (χ4v) is 4.31. The van der Waals surface area contributed by atoms with Gasteiger partial charge in [0.2, 0.25) is 11.8 Å². The summed E-state index contributed by atoms with van der Waals surface area (Å²) in [6, 6.07) is 0. The number of carbonyl (C=O) groups is 2. The molecule has 0 radical (unpaired) electrons. The molecular formula is C31H45N7O4. The van der Waals surface area contributed by atoms with Crippen LogP contribution in [0.25, 0.3) is 5.57 Å². The zero-order valence-corrected chi connectivity index (χ0v) is 25.9. The number of hydrogen-bond donors (Lipinski definition) is 3. The van der Waals surface area contributed by atoms with Crippen LogP contribution < -0.4 is 20.9 Å². The first kappa shape index (κ1) is 34.0. The maximum atomic E-state index is 14.0. The Hall–Kier alpha value is -4.25. The van der Waals surface area contributed by atoms with Gasteiger partial charge in [-0.1, -0.05) is 31.4 Å². The number of ether oxygens (including phenoxy) is 2. The Kier molecular flexibility index (Phi) is 12.7. The third kappa shape index (κ3) is 9.69. The van der Waals surface area contributed by atoms with E-state index in [1.54, 1.807) is 42.6 Å². The van der Waals surface area contributed by atoms with Gasteiger partial charge in [0.25, 0.3) is 0 Å². The molecule has 2 heterocycles. The van der Waals surface area contributed by atoms with Crippen LogP contribution in [-0.4, -0.2) is 64.9 Å². The Morgan fingerprint density at radius 2 is 1.83 bits per heavy atom. The van der Waals surface area contributed by atoms with Crippen molar-refractivity contribution in [3.63, 3.8) is 0 Å². The highest BCUT2D eigenvalue weighted by atomic mass is 16.6. The second-order valence-corrected chi connectivity index (χ2v) is 10.6.